The van der Waals surface area contributed by atoms with Crippen LogP contribution in [0.5, 0.6) is 0 Å². The summed E-state index contributed by atoms with van der Waals surface area (Å²) in [4.78, 5) is 22.8. The van der Waals surface area contributed by atoms with Crippen molar-refractivity contribution >= 4 is 17.1 Å². The Hall–Kier alpha value is -2.01. The predicted molar refractivity (Wildman–Crippen MR) is 89.2 cm³/mol. The molecule has 4 atom stereocenters. The summed E-state index contributed by atoms with van der Waals surface area (Å²) in [5.74, 6) is 0.00755. The van der Waals surface area contributed by atoms with E-state index < -0.39 is 23.5 Å². The quantitative estimate of drug-likeness (QED) is 0.746. The monoisotopic (exact) mass is 353 g/mol. The number of nitrogen functional groups attached to an aromatic ring is 1. The van der Waals surface area contributed by atoms with Gasteiger partial charge in [0.1, 0.15) is 17.8 Å². The lowest BCUT2D eigenvalue weighted by Crippen LogP contribution is -2.47. The van der Waals surface area contributed by atoms with Gasteiger partial charge in [0.2, 0.25) is 5.95 Å². The standard InChI is InChI=1S/C15H23N5O5/c1-5-15(6-22-2)10(24-4)9(23-3)13(25-15)20-7-17-8-11(20)18-14(16)19-12(8)21/h7,9-10,13H,5-6H2,1-4H3,(H3,16,18,19,21)/t9?,10?,13-,15-/m1/s1. The zero-order valence-electron chi connectivity index (χ0n) is 14.7. The Bertz CT molecular complexity index is 805. The van der Waals surface area contributed by atoms with E-state index in [1.807, 2.05) is 6.92 Å². The van der Waals surface area contributed by atoms with Crippen LogP contribution in [-0.2, 0) is 18.9 Å². The summed E-state index contributed by atoms with van der Waals surface area (Å²) >= 11 is 0. The summed E-state index contributed by atoms with van der Waals surface area (Å²) in [5.41, 5.74) is 5.08. The van der Waals surface area contributed by atoms with E-state index >= 15 is 0 Å². The Balaban J connectivity index is 2.12. The van der Waals surface area contributed by atoms with Crippen molar-refractivity contribution in [2.24, 2.45) is 0 Å². The molecule has 1 fully saturated rings. The van der Waals surface area contributed by atoms with Gasteiger partial charge in [-0.05, 0) is 6.42 Å². The second-order valence-corrected chi connectivity index (χ2v) is 5.99. The molecule has 0 bridgehead atoms. The molecular weight excluding hydrogens is 330 g/mol. The fourth-order valence-corrected chi connectivity index (χ4v) is 3.50. The number of H-pyrrole nitrogens is 1. The van der Waals surface area contributed by atoms with Gasteiger partial charge in [-0.25, -0.2) is 4.98 Å². The number of nitrogens with one attached hydrogen (secondary N) is 1. The largest absolute Gasteiger partial charge is 0.382 e. The first-order chi connectivity index (χ1) is 12.0. The molecule has 0 spiro atoms. The number of aromatic amines is 1. The smallest absolute Gasteiger partial charge is 0.280 e. The number of nitrogens with zero attached hydrogens (tertiary/aromatic N) is 3. The molecule has 25 heavy (non-hydrogen) atoms. The molecule has 3 rings (SSSR count). The van der Waals surface area contributed by atoms with E-state index in [-0.39, 0.29) is 17.6 Å². The van der Waals surface area contributed by atoms with Crippen molar-refractivity contribution in [3.63, 3.8) is 0 Å². The number of methoxy groups -OCH3 is 3. The lowest BCUT2D eigenvalue weighted by molar-refractivity contribution is -0.141. The highest BCUT2D eigenvalue weighted by atomic mass is 16.6. The van der Waals surface area contributed by atoms with E-state index in [1.54, 1.807) is 25.9 Å². The van der Waals surface area contributed by atoms with E-state index in [0.717, 1.165) is 0 Å². The molecule has 10 heteroatoms. The number of hydrogen-bond donors (Lipinski definition) is 2. The van der Waals surface area contributed by atoms with Crippen molar-refractivity contribution in [3.8, 4) is 0 Å². The van der Waals surface area contributed by atoms with Crippen LogP contribution in [-0.4, -0.2) is 65.3 Å². The van der Waals surface area contributed by atoms with Crippen LogP contribution in [0.25, 0.3) is 11.2 Å². The van der Waals surface area contributed by atoms with Crippen molar-refractivity contribution in [2.45, 2.75) is 37.4 Å². The highest BCUT2D eigenvalue weighted by molar-refractivity contribution is 5.70. The van der Waals surface area contributed by atoms with Crippen LogP contribution in [0.2, 0.25) is 0 Å². The molecule has 2 aromatic heterocycles. The van der Waals surface area contributed by atoms with Crippen molar-refractivity contribution < 1.29 is 18.9 Å². The summed E-state index contributed by atoms with van der Waals surface area (Å²) in [6, 6.07) is 0. The Labute approximate surface area is 144 Å². The minimum absolute atomic E-state index is 0.00755. The molecule has 2 aromatic rings. The van der Waals surface area contributed by atoms with Crippen LogP contribution in [0, 0.1) is 0 Å². The minimum atomic E-state index is -0.696. The van der Waals surface area contributed by atoms with Gasteiger partial charge in [0.15, 0.2) is 17.4 Å². The summed E-state index contributed by atoms with van der Waals surface area (Å²) < 4.78 is 24.7. The normalized spacial score (nSPS) is 29.5. The van der Waals surface area contributed by atoms with Gasteiger partial charge in [0, 0.05) is 21.3 Å². The van der Waals surface area contributed by atoms with Crippen LogP contribution in [0.3, 0.4) is 0 Å². The fourth-order valence-electron chi connectivity index (χ4n) is 3.50. The van der Waals surface area contributed by atoms with Gasteiger partial charge in [-0.1, -0.05) is 6.92 Å². The summed E-state index contributed by atoms with van der Waals surface area (Å²) in [5, 5.41) is 0. The molecular formula is C15H23N5O5. The number of ether oxygens (including phenoxy) is 4. The highest BCUT2D eigenvalue weighted by Crippen LogP contribution is 2.43. The average molecular weight is 353 g/mol. The van der Waals surface area contributed by atoms with Gasteiger partial charge in [-0.15, -0.1) is 0 Å². The molecule has 0 aromatic carbocycles. The molecule has 1 aliphatic heterocycles. The Kier molecular flexibility index (Phi) is 4.78. The number of imidazole rings is 1. The van der Waals surface area contributed by atoms with Crippen molar-refractivity contribution in [1.82, 2.24) is 19.5 Å². The number of rotatable bonds is 6. The van der Waals surface area contributed by atoms with Gasteiger partial charge in [-0.3, -0.25) is 14.3 Å². The minimum Gasteiger partial charge on any atom is -0.382 e. The Morgan fingerprint density at radius 1 is 1.40 bits per heavy atom. The third-order valence-electron chi connectivity index (χ3n) is 4.69. The maximum Gasteiger partial charge on any atom is 0.280 e. The number of hydrogen-bond acceptors (Lipinski definition) is 8. The fraction of sp³-hybridized carbons (Fsp3) is 0.667. The van der Waals surface area contributed by atoms with E-state index in [9.17, 15) is 4.79 Å². The van der Waals surface area contributed by atoms with Crippen LogP contribution >= 0.6 is 0 Å². The summed E-state index contributed by atoms with van der Waals surface area (Å²) in [7, 11) is 4.80. The molecule has 0 aliphatic carbocycles. The van der Waals surface area contributed by atoms with Gasteiger partial charge in [0.05, 0.1) is 12.9 Å². The zero-order valence-corrected chi connectivity index (χ0v) is 14.7. The van der Waals surface area contributed by atoms with Crippen LogP contribution in [0.4, 0.5) is 5.95 Å². The lowest BCUT2D eigenvalue weighted by Gasteiger charge is -2.32. The Morgan fingerprint density at radius 2 is 2.16 bits per heavy atom. The first-order valence-electron chi connectivity index (χ1n) is 7.96. The zero-order chi connectivity index (χ0) is 18.2. The Morgan fingerprint density at radius 3 is 2.76 bits per heavy atom. The second kappa shape index (κ2) is 6.71. The molecule has 0 saturated carbocycles. The predicted octanol–water partition coefficient (Wildman–Crippen LogP) is 0.0558. The molecule has 1 aliphatic rings. The van der Waals surface area contributed by atoms with Crippen molar-refractivity contribution in [3.05, 3.63) is 16.7 Å². The maximum atomic E-state index is 12.0. The molecule has 3 heterocycles. The average Bonchev–Trinajstić information content (AvgIpc) is 3.13. The van der Waals surface area contributed by atoms with E-state index in [2.05, 4.69) is 15.0 Å². The summed E-state index contributed by atoms with van der Waals surface area (Å²) in [6.45, 7) is 2.33. The third kappa shape index (κ3) is 2.71. The molecule has 10 nitrogen and oxygen atoms in total. The van der Waals surface area contributed by atoms with Crippen LogP contribution in [0.1, 0.15) is 19.6 Å². The molecule has 2 unspecified atom stereocenters. The summed E-state index contributed by atoms with van der Waals surface area (Å²) in [6.07, 6.45) is 0.736. The SMILES string of the molecule is CC[C@]1(COC)O[C@@H](n2cnc3c(=O)[nH]c(N)nc32)C(OC)C1OC. The van der Waals surface area contributed by atoms with Gasteiger partial charge in [0.25, 0.3) is 5.56 Å². The number of aromatic nitrogens is 4. The highest BCUT2D eigenvalue weighted by Gasteiger charge is 2.56. The third-order valence-corrected chi connectivity index (χ3v) is 4.69. The van der Waals surface area contributed by atoms with Gasteiger partial charge < -0.3 is 24.7 Å². The molecule has 0 amide bonds. The van der Waals surface area contributed by atoms with Crippen LogP contribution in [0.15, 0.2) is 11.1 Å². The van der Waals surface area contributed by atoms with Gasteiger partial charge in [-0.2, -0.15) is 4.98 Å². The topological polar surface area (TPSA) is 127 Å². The molecule has 0 radical (unpaired) electrons. The van der Waals surface area contributed by atoms with Gasteiger partial charge >= 0.3 is 0 Å². The van der Waals surface area contributed by atoms with E-state index in [1.165, 1.54) is 6.33 Å². The van der Waals surface area contributed by atoms with Crippen molar-refractivity contribution in [1.29, 1.82) is 0 Å². The number of anilines is 1. The molecule has 3 N–H and O–H groups in total. The first-order valence-corrected chi connectivity index (χ1v) is 7.96. The van der Waals surface area contributed by atoms with Crippen molar-refractivity contribution in [2.75, 3.05) is 33.7 Å². The number of nitrogens with two attached hydrogens (primary N) is 1. The molecule has 1 saturated heterocycles. The first kappa shape index (κ1) is 17.8. The van der Waals surface area contributed by atoms with E-state index in [4.69, 9.17) is 24.7 Å². The van der Waals surface area contributed by atoms with E-state index in [0.29, 0.717) is 18.7 Å². The second-order valence-electron chi connectivity index (χ2n) is 5.99. The van der Waals surface area contributed by atoms with Crippen LogP contribution < -0.4 is 11.3 Å². The lowest BCUT2D eigenvalue weighted by atomic mass is 9.93. The number of fused-ring (bicyclic) bond motifs is 1. The maximum absolute atomic E-state index is 12.0. The molecule has 138 valence electrons.